The summed E-state index contributed by atoms with van der Waals surface area (Å²) in [5.41, 5.74) is 4.22. The molecule has 0 aliphatic carbocycles. The summed E-state index contributed by atoms with van der Waals surface area (Å²) in [6.45, 7) is 19.5. The maximum atomic E-state index is 10.6. The van der Waals surface area contributed by atoms with Gasteiger partial charge in [-0.3, -0.25) is 9.59 Å². The molecule has 3 aliphatic rings. The van der Waals surface area contributed by atoms with Crippen LogP contribution in [-0.2, 0) is 95.0 Å². The highest BCUT2D eigenvalue weighted by atomic mass is 79.9. The first-order chi connectivity index (χ1) is 53.0. The third-order valence-electron chi connectivity index (χ3n) is 15.0. The molecule has 7 N–H and O–H groups in total. The van der Waals surface area contributed by atoms with Gasteiger partial charge in [-0.2, -0.15) is 0 Å². The van der Waals surface area contributed by atoms with Crippen LogP contribution in [0.2, 0.25) is 0 Å². The number of aliphatic carboxylic acids is 2. The van der Waals surface area contributed by atoms with Crippen molar-refractivity contribution in [2.24, 2.45) is 0 Å². The maximum absolute atomic E-state index is 10.6. The number of Topliss-reactive ketones (excluding diaryl/α,β-unsaturated/α-hetero) is 3. The summed E-state index contributed by atoms with van der Waals surface area (Å²) in [4.78, 5) is 50.8. The molecule has 110 heavy (non-hydrogen) atoms. The number of rotatable bonds is 49. The van der Waals surface area contributed by atoms with Gasteiger partial charge in [-0.15, -0.1) is 23.2 Å². The summed E-state index contributed by atoms with van der Waals surface area (Å²) in [6.07, 6.45) is 7.13. The molecule has 3 aliphatic heterocycles. The molecule has 7 rings (SSSR count). The maximum Gasteiger partial charge on any atom is 0.329 e. The van der Waals surface area contributed by atoms with Crippen LogP contribution in [0.4, 0.5) is 0 Å². The number of carboxylic acid groups (broad SMARTS) is 2. The van der Waals surface area contributed by atoms with E-state index >= 15 is 0 Å². The number of halogens is 3. The zero-order valence-corrected chi connectivity index (χ0v) is 68.3. The van der Waals surface area contributed by atoms with Gasteiger partial charge >= 0.3 is 11.9 Å². The Bertz CT molecular complexity index is 2790. The summed E-state index contributed by atoms with van der Waals surface area (Å²) in [7, 11) is 0. The second kappa shape index (κ2) is 70.7. The van der Waals surface area contributed by atoms with E-state index in [4.69, 9.17) is 125 Å². The largest absolute Gasteiger partial charge is 0.481 e. The third kappa shape index (κ3) is 60.7. The number of ketones is 3. The first-order valence-corrected chi connectivity index (χ1v) is 39.2. The van der Waals surface area contributed by atoms with Gasteiger partial charge in [0.05, 0.1) is 132 Å². The summed E-state index contributed by atoms with van der Waals surface area (Å²) < 4.78 is 81.9. The van der Waals surface area contributed by atoms with E-state index in [1.807, 2.05) is 93.6 Å². The fourth-order valence-corrected chi connectivity index (χ4v) is 9.79. The molecule has 3 heterocycles. The molecule has 30 heteroatoms. The number of benzene rings is 4. The van der Waals surface area contributed by atoms with Crippen molar-refractivity contribution in [3.63, 3.8) is 0 Å². The lowest BCUT2D eigenvalue weighted by Crippen LogP contribution is -2.26. The quantitative estimate of drug-likeness (QED) is 0.0159. The van der Waals surface area contributed by atoms with Gasteiger partial charge in [0.25, 0.3) is 0 Å². The van der Waals surface area contributed by atoms with E-state index in [-0.39, 0.29) is 87.2 Å². The molecule has 0 bridgehead atoms. The van der Waals surface area contributed by atoms with E-state index in [9.17, 15) is 24.0 Å². The lowest BCUT2D eigenvalue weighted by molar-refractivity contribution is -0.162. The van der Waals surface area contributed by atoms with Gasteiger partial charge < -0.3 is 116 Å². The monoisotopic (exact) mass is 1670 g/mol. The Balaban J connectivity index is 0.00000130. The molecule has 0 aromatic heterocycles. The normalized spacial score (nSPS) is 18.9. The number of carboxylic acids is 2. The first kappa shape index (κ1) is 105. The summed E-state index contributed by atoms with van der Waals surface area (Å²) in [5, 5.41) is 58.5. The summed E-state index contributed by atoms with van der Waals surface area (Å²) >= 11 is 13.7. The van der Waals surface area contributed by atoms with Crippen LogP contribution in [0.25, 0.3) is 0 Å². The van der Waals surface area contributed by atoms with E-state index in [2.05, 4.69) is 57.1 Å². The van der Waals surface area contributed by atoms with Gasteiger partial charge in [0.1, 0.15) is 54.5 Å². The molecule has 7 atom stereocenters. The van der Waals surface area contributed by atoms with Crippen molar-refractivity contribution in [3.8, 4) is 0 Å². The van der Waals surface area contributed by atoms with Crippen LogP contribution in [0.5, 0.6) is 0 Å². The molecule has 4 aromatic rings. The van der Waals surface area contributed by atoms with Crippen LogP contribution in [0.3, 0.4) is 0 Å². The molecule has 4 aromatic carbocycles. The Morgan fingerprint density at radius 3 is 1.00 bits per heavy atom. The van der Waals surface area contributed by atoms with Crippen molar-refractivity contribution in [1.82, 2.24) is 0 Å². The Kier molecular flexibility index (Phi) is 67.5. The summed E-state index contributed by atoms with van der Waals surface area (Å²) in [6, 6.07) is 39.5. The van der Waals surface area contributed by atoms with Gasteiger partial charge in [-0.25, -0.2) is 4.79 Å². The standard InChI is InChI=1S/C19H28O7.C17H26O5.C13H17ClO2.C12H22O5.C8H10O2.C5H9ClO.C4H10O3.C2H3BrO2/c1-19(25-14-17(26-19)16-6-3-2-4-7-16)8-5-9-22-10-11-23-12-13-24-15-18(20)21;1-17(8-5-10-19-12-13-20-11-9-18)21-14-16(22-17)15-6-3-2-4-7-15;1-13(8-5-9-14)15-10-12(16-13)11-6-3-2-4-7-11;1-11(13)4-3-5-15-6-7-16-8-9-17-10-12(2)14;9-6-8(10)7-4-2-1-3-5-7;1-5(7)3-2-4-6;5-1-3-7-4-2-6;3-1-2(4)5/h2-4,6-7,17H,5,8-15H2,1H3,(H,20,21);2-4,6-7,16,18H,5,8-14H2,1H3;2-4,6-7,12H,5,8-10H2,1H3;3-10H2,1-2H3;1-5,8-10H,6H2;2-4H2,1H3;5-6H,1-4H2;1H2,(H,4,5). The number of hydrogen-bond donors (Lipinski definition) is 7. The van der Waals surface area contributed by atoms with Crippen LogP contribution in [0.15, 0.2) is 121 Å². The highest BCUT2D eigenvalue weighted by Gasteiger charge is 2.39. The minimum Gasteiger partial charge on any atom is -0.481 e. The van der Waals surface area contributed by atoms with Crippen molar-refractivity contribution < 1.29 is 131 Å². The fraction of sp³-hybridized carbons (Fsp3) is 0.637. The van der Waals surface area contributed by atoms with Crippen LogP contribution in [0.1, 0.15) is 152 Å². The zero-order valence-electron chi connectivity index (χ0n) is 65.2. The highest BCUT2D eigenvalue weighted by molar-refractivity contribution is 9.09. The molecule has 0 amide bonds. The molecular formula is C80H125BrCl2O27. The number of alkyl halides is 3. The molecule has 0 spiro atoms. The van der Waals surface area contributed by atoms with Crippen LogP contribution in [-0.4, -0.2) is 265 Å². The molecule has 0 radical (unpaired) electrons. The van der Waals surface area contributed by atoms with Crippen molar-refractivity contribution in [2.75, 3.05) is 182 Å². The van der Waals surface area contributed by atoms with Crippen molar-refractivity contribution in [3.05, 3.63) is 144 Å². The molecule has 0 saturated carbocycles. The number of carbonyl (C=O) groups is 5. The van der Waals surface area contributed by atoms with Gasteiger partial charge in [0, 0.05) is 63.7 Å². The first-order valence-electron chi connectivity index (χ1n) is 37.0. The van der Waals surface area contributed by atoms with Gasteiger partial charge in [-0.05, 0) is 95.9 Å². The second-order valence-corrected chi connectivity index (χ2v) is 26.3. The Morgan fingerprint density at radius 1 is 0.409 bits per heavy atom. The average Bonchev–Trinajstić information content (AvgIpc) is 1.71. The average molecular weight is 1670 g/mol. The Hall–Kier alpha value is -4.91. The van der Waals surface area contributed by atoms with E-state index in [0.717, 1.165) is 68.1 Å². The van der Waals surface area contributed by atoms with E-state index < -0.39 is 35.4 Å². The van der Waals surface area contributed by atoms with Gasteiger partial charge in [-0.1, -0.05) is 137 Å². The van der Waals surface area contributed by atoms with Crippen molar-refractivity contribution >= 4 is 68.4 Å². The van der Waals surface area contributed by atoms with E-state index in [0.29, 0.717) is 144 Å². The second-order valence-electron chi connectivity index (χ2n) is 25.0. The minimum absolute atomic E-state index is 0.0128. The fourth-order valence-electron chi connectivity index (χ4n) is 9.52. The van der Waals surface area contributed by atoms with E-state index in [1.54, 1.807) is 26.0 Å². The van der Waals surface area contributed by atoms with Crippen molar-refractivity contribution in [1.29, 1.82) is 0 Å². The molecule has 628 valence electrons. The number of aliphatic hydroxyl groups is 5. The predicted octanol–water partition coefficient (Wildman–Crippen LogP) is 11.0. The smallest absolute Gasteiger partial charge is 0.329 e. The van der Waals surface area contributed by atoms with E-state index in [1.165, 1.54) is 12.5 Å². The minimum atomic E-state index is -0.979. The number of hydrogen-bond acceptors (Lipinski definition) is 25. The van der Waals surface area contributed by atoms with Gasteiger partial charge in [0.2, 0.25) is 0 Å². The van der Waals surface area contributed by atoms with Crippen LogP contribution in [0, 0.1) is 0 Å². The third-order valence-corrected chi connectivity index (χ3v) is 16.0. The highest BCUT2D eigenvalue weighted by Crippen LogP contribution is 2.38. The van der Waals surface area contributed by atoms with Gasteiger partial charge in [0.15, 0.2) is 23.1 Å². The topological polar surface area (TPSA) is 365 Å². The lowest BCUT2D eigenvalue weighted by atomic mass is 10.1. The predicted molar refractivity (Wildman–Crippen MR) is 420 cm³/mol. The zero-order chi connectivity index (χ0) is 81.6. The number of carbonyl (C=O) groups excluding carboxylic acids is 3. The lowest BCUT2D eigenvalue weighted by Gasteiger charge is -2.23. The van der Waals surface area contributed by atoms with Crippen LogP contribution >= 0.6 is 39.1 Å². The number of aliphatic hydroxyl groups excluding tert-OH is 5. The SMILES string of the molecule is CC(=O)CCCCl.CC(=O)CCCOCCOCCOCC(C)=O.CC1(CCCCl)OCC(c2ccccc2)O1.CC1(CCCOCCOCCO)OCC(c2ccccc2)O1.CC1(CCCOCCOCCOCC(=O)O)OCC(c2ccccc2)O1.O=C(O)CBr.OCC(O)c1ccccc1.OCCOCCO. The number of ether oxygens (including phenoxy) is 15. The Morgan fingerprint density at radius 2 is 0.700 bits per heavy atom. The molecule has 3 saturated heterocycles. The Labute approximate surface area is 669 Å². The molecule has 7 unspecified atom stereocenters. The van der Waals surface area contributed by atoms with Crippen LogP contribution < -0.4 is 0 Å². The summed E-state index contributed by atoms with van der Waals surface area (Å²) in [5.74, 6) is -1.70. The molecule has 27 nitrogen and oxygen atoms in total. The van der Waals surface area contributed by atoms with Crippen molar-refractivity contribution in [2.45, 2.75) is 148 Å². The molecular weight excluding hydrogens is 1540 g/mol. The molecule has 3 fully saturated rings.